The summed E-state index contributed by atoms with van der Waals surface area (Å²) in [5.74, 6) is -1.61. The van der Waals surface area contributed by atoms with Crippen molar-refractivity contribution in [2.45, 2.75) is 24.5 Å². The van der Waals surface area contributed by atoms with Gasteiger partial charge in [-0.05, 0) is 37.6 Å². The molecule has 0 saturated carbocycles. The monoisotopic (exact) mass is 389 g/mol. The van der Waals surface area contributed by atoms with Crippen molar-refractivity contribution in [1.82, 2.24) is 14.9 Å². The first kappa shape index (κ1) is 19.6. The predicted octanol–water partition coefficient (Wildman–Crippen LogP) is 0.329. The van der Waals surface area contributed by atoms with Gasteiger partial charge >= 0.3 is 11.8 Å². The van der Waals surface area contributed by atoms with Crippen LogP contribution in [0.2, 0.25) is 5.02 Å². The van der Waals surface area contributed by atoms with Crippen molar-refractivity contribution in [3.05, 3.63) is 29.3 Å². The van der Waals surface area contributed by atoms with E-state index in [0.29, 0.717) is 24.6 Å². The maximum atomic E-state index is 12.8. The number of hydrogen-bond acceptors (Lipinski definition) is 5. The number of carbonyl (C=O) groups is 2. The van der Waals surface area contributed by atoms with Gasteiger partial charge in [0.25, 0.3) is 0 Å². The van der Waals surface area contributed by atoms with Gasteiger partial charge in [0.15, 0.2) is 0 Å². The molecule has 1 atom stereocenters. The average Bonchev–Trinajstić information content (AvgIpc) is 2.60. The Balaban J connectivity index is 2.10. The Bertz CT molecular complexity index is 723. The number of ether oxygens (including phenoxy) is 1. The molecule has 8 nitrogen and oxygen atoms in total. The maximum absolute atomic E-state index is 12.8. The molecule has 1 aromatic carbocycles. The van der Waals surface area contributed by atoms with Crippen molar-refractivity contribution >= 4 is 33.4 Å². The van der Waals surface area contributed by atoms with Crippen LogP contribution in [0.1, 0.15) is 13.3 Å². The number of hydrogen-bond donors (Lipinski definition) is 2. The van der Waals surface area contributed by atoms with Crippen molar-refractivity contribution in [2.24, 2.45) is 0 Å². The summed E-state index contributed by atoms with van der Waals surface area (Å²) in [6, 6.07) is 5.81. The molecule has 1 saturated heterocycles. The lowest BCUT2D eigenvalue weighted by Gasteiger charge is -2.34. The molecule has 1 aromatic rings. The Morgan fingerprint density at radius 1 is 1.24 bits per heavy atom. The fourth-order valence-corrected chi connectivity index (χ4v) is 4.04. The SMILES string of the molecule is CCNC(=O)C(=O)NC[C@@H]1OCCCN1S(=O)(=O)c1ccc(Cl)cc1. The highest BCUT2D eigenvalue weighted by molar-refractivity contribution is 7.89. The molecule has 2 N–H and O–H groups in total. The van der Waals surface area contributed by atoms with Crippen LogP contribution in [0, 0.1) is 0 Å². The zero-order valence-corrected chi connectivity index (χ0v) is 15.3. The summed E-state index contributed by atoms with van der Waals surface area (Å²) in [5, 5.41) is 5.20. The van der Waals surface area contributed by atoms with Crippen LogP contribution in [0.25, 0.3) is 0 Å². The predicted molar refractivity (Wildman–Crippen MR) is 91.4 cm³/mol. The summed E-state index contributed by atoms with van der Waals surface area (Å²) in [6.45, 7) is 2.52. The summed E-state index contributed by atoms with van der Waals surface area (Å²) in [5.41, 5.74) is 0. The Morgan fingerprint density at radius 2 is 1.88 bits per heavy atom. The molecule has 2 rings (SSSR count). The van der Waals surface area contributed by atoms with E-state index >= 15 is 0 Å². The summed E-state index contributed by atoms with van der Waals surface area (Å²) in [4.78, 5) is 23.2. The van der Waals surface area contributed by atoms with Crippen molar-refractivity contribution < 1.29 is 22.7 Å². The molecule has 0 unspecified atom stereocenters. The second-order valence-electron chi connectivity index (χ2n) is 5.32. The number of likely N-dealkylation sites (N-methyl/N-ethyl adjacent to an activating group) is 1. The lowest BCUT2D eigenvalue weighted by Crippen LogP contribution is -2.53. The fourth-order valence-electron chi connectivity index (χ4n) is 2.35. The zero-order chi connectivity index (χ0) is 18.4. The summed E-state index contributed by atoms with van der Waals surface area (Å²) in [7, 11) is -3.81. The van der Waals surface area contributed by atoms with Gasteiger partial charge in [-0.2, -0.15) is 4.31 Å². The Labute approximate surface area is 151 Å². The topological polar surface area (TPSA) is 105 Å². The molecule has 0 radical (unpaired) electrons. The molecule has 0 bridgehead atoms. The molecule has 10 heteroatoms. The molecule has 1 aliphatic rings. The molecule has 1 aliphatic heterocycles. The van der Waals surface area contributed by atoms with E-state index in [1.165, 1.54) is 28.6 Å². The summed E-state index contributed by atoms with van der Waals surface area (Å²) >= 11 is 5.80. The van der Waals surface area contributed by atoms with Crippen molar-refractivity contribution in [3.63, 3.8) is 0 Å². The van der Waals surface area contributed by atoms with Gasteiger partial charge < -0.3 is 15.4 Å². The van der Waals surface area contributed by atoms with E-state index in [2.05, 4.69) is 10.6 Å². The Morgan fingerprint density at radius 3 is 2.52 bits per heavy atom. The Kier molecular flexibility index (Phi) is 6.77. The van der Waals surface area contributed by atoms with Gasteiger partial charge in [-0.1, -0.05) is 11.6 Å². The highest BCUT2D eigenvalue weighted by atomic mass is 35.5. The second kappa shape index (κ2) is 8.61. The number of carbonyl (C=O) groups excluding carboxylic acids is 2. The third-order valence-corrected chi connectivity index (χ3v) is 5.71. The number of benzene rings is 1. The molecule has 2 amide bonds. The van der Waals surface area contributed by atoms with Gasteiger partial charge in [0.2, 0.25) is 10.0 Å². The first-order chi connectivity index (χ1) is 11.9. The van der Waals surface area contributed by atoms with Gasteiger partial charge in [-0.25, -0.2) is 8.42 Å². The number of amides is 2. The van der Waals surface area contributed by atoms with Crippen LogP contribution >= 0.6 is 11.6 Å². The van der Waals surface area contributed by atoms with Crippen LogP contribution in [-0.2, 0) is 24.3 Å². The number of sulfonamides is 1. The van der Waals surface area contributed by atoms with Gasteiger partial charge in [-0.3, -0.25) is 9.59 Å². The van der Waals surface area contributed by atoms with Crippen molar-refractivity contribution in [2.75, 3.05) is 26.2 Å². The van der Waals surface area contributed by atoms with E-state index in [1.54, 1.807) is 6.92 Å². The van der Waals surface area contributed by atoms with E-state index in [-0.39, 0.29) is 18.0 Å². The van der Waals surface area contributed by atoms with Gasteiger partial charge in [0, 0.05) is 18.1 Å². The molecule has 0 spiro atoms. The van der Waals surface area contributed by atoms with E-state index < -0.39 is 28.1 Å². The summed E-state index contributed by atoms with van der Waals surface area (Å²) < 4.78 is 32.3. The van der Waals surface area contributed by atoms with E-state index in [4.69, 9.17) is 16.3 Å². The largest absolute Gasteiger partial charge is 0.360 e. The average molecular weight is 390 g/mol. The third kappa shape index (κ3) is 4.91. The van der Waals surface area contributed by atoms with E-state index in [9.17, 15) is 18.0 Å². The molecular formula is C15H20ClN3O5S. The molecule has 1 heterocycles. The van der Waals surface area contributed by atoms with E-state index in [1.807, 2.05) is 0 Å². The number of nitrogens with zero attached hydrogens (tertiary/aromatic N) is 1. The lowest BCUT2D eigenvalue weighted by molar-refractivity contribution is -0.140. The molecule has 25 heavy (non-hydrogen) atoms. The van der Waals surface area contributed by atoms with Crippen molar-refractivity contribution in [1.29, 1.82) is 0 Å². The lowest BCUT2D eigenvalue weighted by atomic mass is 10.3. The first-order valence-corrected chi connectivity index (χ1v) is 9.63. The standard InChI is InChI=1S/C15H20ClN3O5S/c1-2-17-14(20)15(21)18-10-13-19(8-3-9-24-13)25(22,23)12-6-4-11(16)5-7-12/h4-7,13H,2-3,8-10H2,1H3,(H,17,20)(H,18,21)/t13-/m0/s1. The molecular weight excluding hydrogens is 370 g/mol. The molecule has 0 aromatic heterocycles. The second-order valence-corrected chi connectivity index (χ2v) is 7.65. The number of nitrogens with one attached hydrogen (secondary N) is 2. The van der Waals surface area contributed by atoms with Crippen LogP contribution in [0.5, 0.6) is 0 Å². The fraction of sp³-hybridized carbons (Fsp3) is 0.467. The number of halogens is 1. The molecule has 0 aliphatic carbocycles. The Hall–Kier alpha value is -1.68. The van der Waals surface area contributed by atoms with Crippen LogP contribution in [-0.4, -0.2) is 57.0 Å². The highest BCUT2D eigenvalue weighted by Crippen LogP contribution is 2.23. The minimum atomic E-state index is -3.81. The van der Waals surface area contributed by atoms with Crippen LogP contribution in [0.15, 0.2) is 29.2 Å². The maximum Gasteiger partial charge on any atom is 0.309 e. The zero-order valence-electron chi connectivity index (χ0n) is 13.7. The third-order valence-electron chi connectivity index (χ3n) is 3.56. The van der Waals surface area contributed by atoms with Crippen LogP contribution < -0.4 is 10.6 Å². The minimum Gasteiger partial charge on any atom is -0.360 e. The van der Waals surface area contributed by atoms with E-state index in [0.717, 1.165) is 0 Å². The van der Waals surface area contributed by atoms with Gasteiger partial charge in [0.05, 0.1) is 18.0 Å². The minimum absolute atomic E-state index is 0.0856. The van der Waals surface area contributed by atoms with Gasteiger partial charge in [0.1, 0.15) is 6.23 Å². The smallest absolute Gasteiger partial charge is 0.309 e. The van der Waals surface area contributed by atoms with Crippen LogP contribution in [0.3, 0.4) is 0 Å². The molecule has 1 fully saturated rings. The number of rotatable bonds is 5. The quantitative estimate of drug-likeness (QED) is 0.706. The highest BCUT2D eigenvalue weighted by Gasteiger charge is 2.34. The molecule has 138 valence electrons. The summed E-state index contributed by atoms with van der Waals surface area (Å²) in [6.07, 6.45) is -0.346. The first-order valence-electron chi connectivity index (χ1n) is 7.81. The normalized spacial score (nSPS) is 18.6. The van der Waals surface area contributed by atoms with Gasteiger partial charge in [-0.15, -0.1) is 0 Å². The van der Waals surface area contributed by atoms with Crippen molar-refractivity contribution in [3.8, 4) is 0 Å². The van der Waals surface area contributed by atoms with Crippen LogP contribution in [0.4, 0.5) is 0 Å².